The summed E-state index contributed by atoms with van der Waals surface area (Å²) in [5.74, 6) is -0.345. The number of nitrogens with zero attached hydrogens (tertiary/aromatic N) is 1. The van der Waals surface area contributed by atoms with Crippen molar-refractivity contribution in [1.29, 1.82) is 0 Å². The quantitative estimate of drug-likeness (QED) is 0.594. The zero-order valence-corrected chi connectivity index (χ0v) is 9.87. The van der Waals surface area contributed by atoms with Gasteiger partial charge in [0.2, 0.25) is 0 Å². The van der Waals surface area contributed by atoms with Gasteiger partial charge in [0.1, 0.15) is 5.82 Å². The Kier molecular flexibility index (Phi) is 5.22. The van der Waals surface area contributed by atoms with Crippen LogP contribution in [0.25, 0.3) is 0 Å². The first-order valence-electron chi connectivity index (χ1n) is 5.35. The van der Waals surface area contributed by atoms with Gasteiger partial charge in [-0.25, -0.2) is 4.39 Å². The number of anilines is 1. The third-order valence-electron chi connectivity index (χ3n) is 2.41. The molecule has 0 aromatic heterocycles. The molecule has 0 fully saturated rings. The Morgan fingerprint density at radius 1 is 1.44 bits per heavy atom. The highest BCUT2D eigenvalue weighted by atomic mass is 19.1. The van der Waals surface area contributed by atoms with E-state index in [1.807, 2.05) is 13.1 Å². The van der Waals surface area contributed by atoms with Crippen LogP contribution >= 0.6 is 0 Å². The summed E-state index contributed by atoms with van der Waals surface area (Å²) in [5.41, 5.74) is 6.55. The van der Waals surface area contributed by atoms with Crippen LogP contribution in [0.15, 0.2) is 18.2 Å². The zero-order chi connectivity index (χ0) is 12.0. The average molecular weight is 226 g/mol. The summed E-state index contributed by atoms with van der Waals surface area (Å²) in [4.78, 5) is 2.13. The van der Waals surface area contributed by atoms with Crippen LogP contribution in [0.4, 0.5) is 10.1 Å². The van der Waals surface area contributed by atoms with Gasteiger partial charge in [-0.15, -0.1) is 0 Å². The Bertz CT molecular complexity index is 331. The van der Waals surface area contributed by atoms with Gasteiger partial charge in [-0.1, -0.05) is 6.07 Å². The van der Waals surface area contributed by atoms with E-state index in [1.165, 1.54) is 6.07 Å². The summed E-state index contributed by atoms with van der Waals surface area (Å²) in [6.45, 7) is 2.40. The van der Waals surface area contributed by atoms with Crippen molar-refractivity contribution < 1.29 is 9.13 Å². The molecule has 2 N–H and O–H groups in total. The summed E-state index contributed by atoms with van der Waals surface area (Å²) in [5, 5.41) is 0. The lowest BCUT2D eigenvalue weighted by Gasteiger charge is -2.16. The molecule has 1 aromatic rings. The second-order valence-corrected chi connectivity index (χ2v) is 3.94. The highest BCUT2D eigenvalue weighted by molar-refractivity contribution is 5.41. The SMILES string of the molecule is COCCCN(C)Cc1ccc(N)c(F)c1. The Balaban J connectivity index is 2.43. The fourth-order valence-corrected chi connectivity index (χ4v) is 1.54. The molecule has 0 amide bonds. The predicted molar refractivity (Wildman–Crippen MR) is 63.6 cm³/mol. The van der Waals surface area contributed by atoms with Crippen molar-refractivity contribution in [3.05, 3.63) is 29.6 Å². The summed E-state index contributed by atoms with van der Waals surface area (Å²) in [6.07, 6.45) is 0.977. The fourth-order valence-electron chi connectivity index (χ4n) is 1.54. The number of hydrogen-bond donors (Lipinski definition) is 1. The van der Waals surface area contributed by atoms with Crippen molar-refractivity contribution in [1.82, 2.24) is 4.90 Å². The van der Waals surface area contributed by atoms with E-state index in [-0.39, 0.29) is 11.5 Å². The molecule has 0 spiro atoms. The predicted octanol–water partition coefficient (Wildman–Crippen LogP) is 1.88. The van der Waals surface area contributed by atoms with E-state index >= 15 is 0 Å². The Morgan fingerprint density at radius 2 is 2.19 bits per heavy atom. The lowest BCUT2D eigenvalue weighted by molar-refractivity contribution is 0.178. The maximum absolute atomic E-state index is 13.2. The normalized spacial score (nSPS) is 11.0. The van der Waals surface area contributed by atoms with Crippen molar-refractivity contribution in [2.24, 2.45) is 0 Å². The van der Waals surface area contributed by atoms with Gasteiger partial charge in [-0.2, -0.15) is 0 Å². The van der Waals surface area contributed by atoms with Gasteiger partial charge in [0.15, 0.2) is 0 Å². The molecule has 0 radical (unpaired) electrons. The van der Waals surface area contributed by atoms with Gasteiger partial charge >= 0.3 is 0 Å². The van der Waals surface area contributed by atoms with Gasteiger partial charge in [0.05, 0.1) is 5.69 Å². The molecule has 0 aliphatic heterocycles. The van der Waals surface area contributed by atoms with Crippen molar-refractivity contribution in [2.45, 2.75) is 13.0 Å². The fraction of sp³-hybridized carbons (Fsp3) is 0.500. The van der Waals surface area contributed by atoms with Gasteiger partial charge in [-0.05, 0) is 31.2 Å². The number of nitrogens with two attached hydrogens (primary N) is 1. The van der Waals surface area contributed by atoms with E-state index < -0.39 is 0 Å². The molecule has 0 aliphatic carbocycles. The van der Waals surface area contributed by atoms with Crippen LogP contribution in [-0.4, -0.2) is 32.2 Å². The van der Waals surface area contributed by atoms with Crippen LogP contribution in [0.1, 0.15) is 12.0 Å². The van der Waals surface area contributed by atoms with Crippen molar-refractivity contribution >= 4 is 5.69 Å². The molecule has 3 nitrogen and oxygen atoms in total. The second-order valence-electron chi connectivity index (χ2n) is 3.94. The standard InChI is InChI=1S/C12H19FN2O/c1-15(6-3-7-16-2)9-10-4-5-12(14)11(13)8-10/h4-5,8H,3,6-7,9,14H2,1-2H3. The molecule has 0 saturated heterocycles. The number of halogens is 1. The van der Waals surface area contributed by atoms with E-state index in [2.05, 4.69) is 4.90 Å². The third kappa shape index (κ3) is 4.16. The average Bonchev–Trinajstić information content (AvgIpc) is 2.24. The second kappa shape index (κ2) is 6.45. The van der Waals surface area contributed by atoms with E-state index in [4.69, 9.17) is 10.5 Å². The van der Waals surface area contributed by atoms with Gasteiger partial charge in [0, 0.05) is 26.8 Å². The molecule has 16 heavy (non-hydrogen) atoms. The minimum atomic E-state index is -0.345. The molecule has 0 unspecified atom stereocenters. The Hall–Kier alpha value is -1.13. The van der Waals surface area contributed by atoms with Crippen LogP contribution < -0.4 is 5.73 Å². The van der Waals surface area contributed by atoms with Gasteiger partial charge in [0.25, 0.3) is 0 Å². The topological polar surface area (TPSA) is 38.5 Å². The summed E-state index contributed by atoms with van der Waals surface area (Å²) >= 11 is 0. The maximum atomic E-state index is 13.2. The number of nitrogen functional groups attached to an aromatic ring is 1. The van der Waals surface area contributed by atoms with Crippen LogP contribution in [0.3, 0.4) is 0 Å². The number of hydrogen-bond acceptors (Lipinski definition) is 3. The smallest absolute Gasteiger partial charge is 0.146 e. The molecule has 90 valence electrons. The summed E-state index contributed by atoms with van der Waals surface area (Å²) < 4.78 is 18.1. The molecule has 0 aliphatic rings. The number of methoxy groups -OCH3 is 1. The molecule has 0 saturated carbocycles. The van der Waals surface area contributed by atoms with Crippen LogP contribution in [0.2, 0.25) is 0 Å². The molecular formula is C12H19FN2O. The van der Waals surface area contributed by atoms with Crippen molar-refractivity contribution in [3.63, 3.8) is 0 Å². The molecule has 0 heterocycles. The minimum Gasteiger partial charge on any atom is -0.396 e. The molecule has 1 aromatic carbocycles. The van der Waals surface area contributed by atoms with E-state index in [0.29, 0.717) is 0 Å². The minimum absolute atomic E-state index is 0.200. The monoisotopic (exact) mass is 226 g/mol. The van der Waals surface area contributed by atoms with Crippen molar-refractivity contribution in [2.75, 3.05) is 33.0 Å². The maximum Gasteiger partial charge on any atom is 0.146 e. The van der Waals surface area contributed by atoms with E-state index in [0.717, 1.165) is 31.7 Å². The lowest BCUT2D eigenvalue weighted by Crippen LogP contribution is -2.20. The van der Waals surface area contributed by atoms with Crippen LogP contribution in [0, 0.1) is 5.82 Å². The number of rotatable bonds is 6. The number of ether oxygens (including phenoxy) is 1. The third-order valence-corrected chi connectivity index (χ3v) is 2.41. The van der Waals surface area contributed by atoms with Crippen LogP contribution in [-0.2, 0) is 11.3 Å². The first-order chi connectivity index (χ1) is 7.63. The lowest BCUT2D eigenvalue weighted by atomic mass is 10.2. The van der Waals surface area contributed by atoms with E-state index in [1.54, 1.807) is 13.2 Å². The highest BCUT2D eigenvalue weighted by Gasteiger charge is 2.03. The molecule has 0 bridgehead atoms. The molecule has 0 atom stereocenters. The molecular weight excluding hydrogens is 207 g/mol. The number of benzene rings is 1. The van der Waals surface area contributed by atoms with E-state index in [9.17, 15) is 4.39 Å². The summed E-state index contributed by atoms with van der Waals surface area (Å²) in [6, 6.07) is 4.95. The zero-order valence-electron chi connectivity index (χ0n) is 9.87. The Labute approximate surface area is 96.0 Å². The first kappa shape index (κ1) is 12.9. The van der Waals surface area contributed by atoms with Crippen LogP contribution in [0.5, 0.6) is 0 Å². The molecule has 4 heteroatoms. The summed E-state index contributed by atoms with van der Waals surface area (Å²) in [7, 11) is 3.69. The van der Waals surface area contributed by atoms with Gasteiger partial charge in [-0.3, -0.25) is 0 Å². The largest absolute Gasteiger partial charge is 0.396 e. The Morgan fingerprint density at radius 3 is 2.81 bits per heavy atom. The van der Waals surface area contributed by atoms with Gasteiger partial charge < -0.3 is 15.4 Å². The highest BCUT2D eigenvalue weighted by Crippen LogP contribution is 2.13. The first-order valence-corrected chi connectivity index (χ1v) is 5.35. The molecule has 1 rings (SSSR count). The van der Waals surface area contributed by atoms with Crippen molar-refractivity contribution in [3.8, 4) is 0 Å².